The predicted octanol–water partition coefficient (Wildman–Crippen LogP) is 4.57. The fourth-order valence-corrected chi connectivity index (χ4v) is 2.10. The maximum absolute atomic E-state index is 6.10. The van der Waals surface area contributed by atoms with Crippen LogP contribution in [-0.4, -0.2) is 0 Å². The van der Waals surface area contributed by atoms with Crippen LogP contribution < -0.4 is 10.5 Å². The van der Waals surface area contributed by atoms with Crippen molar-refractivity contribution in [2.75, 3.05) is 5.73 Å². The molecule has 0 atom stereocenters. The smallest absolute Gasteiger partial charge is 0.138 e. The molecule has 0 heterocycles. The molecule has 2 N–H and O–H groups in total. The zero-order valence-electron chi connectivity index (χ0n) is 9.91. The van der Waals surface area contributed by atoms with Crippen LogP contribution in [0.4, 0.5) is 5.69 Å². The fraction of sp³-hybridized carbons (Fsp3) is 0.143. The minimum atomic E-state index is 0.445. The second kappa shape index (κ2) is 5.63. The van der Waals surface area contributed by atoms with Crippen LogP contribution in [0, 0.1) is 6.92 Å². The van der Waals surface area contributed by atoms with Crippen molar-refractivity contribution in [2.45, 2.75) is 13.5 Å². The SMILES string of the molecule is Cc1ccc(OCc2ccc(Br)c(N)c2)c(Cl)c1. The van der Waals surface area contributed by atoms with Gasteiger partial charge < -0.3 is 10.5 Å². The highest BCUT2D eigenvalue weighted by Crippen LogP contribution is 2.27. The van der Waals surface area contributed by atoms with Gasteiger partial charge in [0.1, 0.15) is 12.4 Å². The van der Waals surface area contributed by atoms with E-state index in [4.69, 9.17) is 22.1 Å². The van der Waals surface area contributed by atoms with Gasteiger partial charge in [-0.15, -0.1) is 0 Å². The predicted molar refractivity (Wildman–Crippen MR) is 79.1 cm³/mol. The lowest BCUT2D eigenvalue weighted by Crippen LogP contribution is -1.97. The Morgan fingerprint density at radius 3 is 2.67 bits per heavy atom. The summed E-state index contributed by atoms with van der Waals surface area (Å²) in [5.74, 6) is 0.684. The van der Waals surface area contributed by atoms with Crippen LogP contribution in [0.25, 0.3) is 0 Å². The first kappa shape index (κ1) is 13.2. The van der Waals surface area contributed by atoms with Crippen molar-refractivity contribution in [1.29, 1.82) is 0 Å². The van der Waals surface area contributed by atoms with Crippen LogP contribution in [0.5, 0.6) is 5.75 Å². The largest absolute Gasteiger partial charge is 0.487 e. The monoisotopic (exact) mass is 325 g/mol. The van der Waals surface area contributed by atoms with Crippen LogP contribution in [0.3, 0.4) is 0 Å². The number of rotatable bonds is 3. The van der Waals surface area contributed by atoms with Gasteiger partial charge in [-0.2, -0.15) is 0 Å². The number of nitrogens with two attached hydrogens (primary N) is 1. The summed E-state index contributed by atoms with van der Waals surface area (Å²) in [6, 6.07) is 11.5. The highest BCUT2D eigenvalue weighted by atomic mass is 79.9. The van der Waals surface area contributed by atoms with Gasteiger partial charge in [0.05, 0.1) is 5.02 Å². The van der Waals surface area contributed by atoms with Gasteiger partial charge >= 0.3 is 0 Å². The minimum absolute atomic E-state index is 0.445. The number of anilines is 1. The lowest BCUT2D eigenvalue weighted by atomic mass is 10.2. The van der Waals surface area contributed by atoms with Gasteiger partial charge in [-0.25, -0.2) is 0 Å². The van der Waals surface area contributed by atoms with Crippen molar-refractivity contribution in [3.63, 3.8) is 0 Å². The molecular formula is C14H13BrClNO. The zero-order chi connectivity index (χ0) is 13.1. The second-order valence-corrected chi connectivity index (χ2v) is 5.34. The molecule has 2 aromatic carbocycles. The molecule has 0 spiro atoms. The van der Waals surface area contributed by atoms with E-state index in [0.717, 1.165) is 15.6 Å². The van der Waals surface area contributed by atoms with E-state index >= 15 is 0 Å². The summed E-state index contributed by atoms with van der Waals surface area (Å²) in [5.41, 5.74) is 8.63. The number of nitrogen functional groups attached to an aromatic ring is 1. The normalized spacial score (nSPS) is 10.4. The van der Waals surface area contributed by atoms with Crippen LogP contribution in [-0.2, 0) is 6.61 Å². The molecule has 2 nitrogen and oxygen atoms in total. The van der Waals surface area contributed by atoms with Gasteiger partial charge in [-0.05, 0) is 58.2 Å². The van der Waals surface area contributed by atoms with Gasteiger partial charge in [0.15, 0.2) is 0 Å². The first-order valence-electron chi connectivity index (χ1n) is 5.49. The van der Waals surface area contributed by atoms with Gasteiger partial charge in [0.25, 0.3) is 0 Å². The molecule has 0 aliphatic carbocycles. The number of benzene rings is 2. The molecule has 94 valence electrons. The van der Waals surface area contributed by atoms with Crippen LogP contribution >= 0.6 is 27.5 Å². The Hall–Kier alpha value is -1.19. The maximum Gasteiger partial charge on any atom is 0.138 e. The Balaban J connectivity index is 2.09. The second-order valence-electron chi connectivity index (χ2n) is 4.08. The van der Waals surface area contributed by atoms with Gasteiger partial charge in [0.2, 0.25) is 0 Å². The van der Waals surface area contributed by atoms with Crippen LogP contribution in [0.2, 0.25) is 5.02 Å². The summed E-state index contributed by atoms with van der Waals surface area (Å²) in [6.45, 7) is 2.44. The Kier molecular flexibility index (Phi) is 4.15. The summed E-state index contributed by atoms with van der Waals surface area (Å²) in [7, 11) is 0. The molecule has 2 aromatic rings. The number of hydrogen-bond acceptors (Lipinski definition) is 2. The van der Waals surface area contributed by atoms with Crippen molar-refractivity contribution < 1.29 is 4.74 Å². The van der Waals surface area contributed by atoms with Crippen LogP contribution in [0.1, 0.15) is 11.1 Å². The third-order valence-corrected chi connectivity index (χ3v) is 3.56. The standard InChI is InChI=1S/C14H13BrClNO/c1-9-2-5-14(12(16)6-9)18-8-10-3-4-11(15)13(17)7-10/h2-7H,8,17H2,1H3. The Bertz CT molecular complexity index is 572. The van der Waals surface area contributed by atoms with E-state index in [1.54, 1.807) is 0 Å². The highest BCUT2D eigenvalue weighted by molar-refractivity contribution is 9.10. The van der Waals surface area contributed by atoms with Gasteiger partial charge in [0, 0.05) is 10.2 Å². The number of halogens is 2. The summed E-state index contributed by atoms with van der Waals surface area (Å²) in [6.07, 6.45) is 0. The molecule has 0 fully saturated rings. The molecule has 0 saturated carbocycles. The molecule has 0 bridgehead atoms. The Labute approximate surface area is 120 Å². The molecular weight excluding hydrogens is 314 g/mol. The summed E-state index contributed by atoms with van der Waals surface area (Å²) in [4.78, 5) is 0. The molecule has 0 aliphatic rings. The van der Waals surface area contributed by atoms with Crippen molar-refractivity contribution >= 4 is 33.2 Å². The average molecular weight is 327 g/mol. The minimum Gasteiger partial charge on any atom is -0.487 e. The third-order valence-electron chi connectivity index (χ3n) is 2.54. The van der Waals surface area contributed by atoms with E-state index in [0.29, 0.717) is 23.1 Å². The molecule has 18 heavy (non-hydrogen) atoms. The molecule has 0 aromatic heterocycles. The molecule has 2 rings (SSSR count). The molecule has 0 unspecified atom stereocenters. The molecule has 0 aliphatic heterocycles. The zero-order valence-corrected chi connectivity index (χ0v) is 12.3. The van der Waals surface area contributed by atoms with Gasteiger partial charge in [-0.1, -0.05) is 23.7 Å². The van der Waals surface area contributed by atoms with Crippen LogP contribution in [0.15, 0.2) is 40.9 Å². The Morgan fingerprint density at radius 2 is 2.00 bits per heavy atom. The molecule has 4 heteroatoms. The highest BCUT2D eigenvalue weighted by Gasteiger charge is 2.03. The van der Waals surface area contributed by atoms with E-state index in [1.807, 2.05) is 43.3 Å². The van der Waals surface area contributed by atoms with Crippen molar-refractivity contribution in [3.8, 4) is 5.75 Å². The van der Waals surface area contributed by atoms with Gasteiger partial charge in [-0.3, -0.25) is 0 Å². The lowest BCUT2D eigenvalue weighted by molar-refractivity contribution is 0.306. The van der Waals surface area contributed by atoms with E-state index in [9.17, 15) is 0 Å². The fourth-order valence-electron chi connectivity index (χ4n) is 1.57. The van der Waals surface area contributed by atoms with E-state index in [-0.39, 0.29) is 0 Å². The van der Waals surface area contributed by atoms with Crippen molar-refractivity contribution in [3.05, 3.63) is 57.0 Å². The lowest BCUT2D eigenvalue weighted by Gasteiger charge is -2.09. The van der Waals surface area contributed by atoms with E-state index in [1.165, 1.54) is 0 Å². The first-order chi connectivity index (χ1) is 8.56. The summed E-state index contributed by atoms with van der Waals surface area (Å²) >= 11 is 9.45. The quantitative estimate of drug-likeness (QED) is 0.838. The Morgan fingerprint density at radius 1 is 1.22 bits per heavy atom. The number of ether oxygens (including phenoxy) is 1. The first-order valence-corrected chi connectivity index (χ1v) is 6.66. The van der Waals surface area contributed by atoms with E-state index < -0.39 is 0 Å². The molecule has 0 saturated heterocycles. The maximum atomic E-state index is 6.10. The van der Waals surface area contributed by atoms with Crippen molar-refractivity contribution in [1.82, 2.24) is 0 Å². The number of hydrogen-bond donors (Lipinski definition) is 1. The number of aryl methyl sites for hydroxylation is 1. The average Bonchev–Trinajstić information content (AvgIpc) is 2.32. The summed E-state index contributed by atoms with van der Waals surface area (Å²) in [5, 5.41) is 0.625. The third kappa shape index (κ3) is 3.18. The summed E-state index contributed by atoms with van der Waals surface area (Å²) < 4.78 is 6.56. The van der Waals surface area contributed by atoms with Crippen molar-refractivity contribution in [2.24, 2.45) is 0 Å². The molecule has 0 amide bonds. The topological polar surface area (TPSA) is 35.2 Å². The molecule has 0 radical (unpaired) electrons. The van der Waals surface area contributed by atoms with E-state index in [2.05, 4.69) is 15.9 Å².